The van der Waals surface area contributed by atoms with E-state index in [1.54, 1.807) is 0 Å². The van der Waals surface area contributed by atoms with E-state index in [0.29, 0.717) is 12.8 Å². The van der Waals surface area contributed by atoms with Crippen molar-refractivity contribution < 1.29 is 19.7 Å². The molecule has 0 aromatic carbocycles. The first-order valence-electron chi connectivity index (χ1n) is 4.20. The first kappa shape index (κ1) is 8.01. The summed E-state index contributed by atoms with van der Waals surface area (Å²) in [7, 11) is 0. The SMILES string of the molecule is O=C1C[C@H]2[C@H](CC(O)[C@@H]2CO)O1. The van der Waals surface area contributed by atoms with Crippen molar-refractivity contribution >= 4 is 5.97 Å². The number of aliphatic hydroxyl groups excluding tert-OH is 2. The molecule has 4 atom stereocenters. The zero-order valence-corrected chi connectivity index (χ0v) is 6.64. The minimum atomic E-state index is -0.502. The van der Waals surface area contributed by atoms with Crippen LogP contribution < -0.4 is 0 Å². The van der Waals surface area contributed by atoms with Crippen molar-refractivity contribution in [3.05, 3.63) is 0 Å². The molecule has 4 nitrogen and oxygen atoms in total. The first-order valence-corrected chi connectivity index (χ1v) is 4.20. The van der Waals surface area contributed by atoms with Crippen LogP contribution in [-0.2, 0) is 9.53 Å². The van der Waals surface area contributed by atoms with Crippen LogP contribution in [0.25, 0.3) is 0 Å². The average molecular weight is 172 g/mol. The Morgan fingerprint density at radius 3 is 3.00 bits per heavy atom. The van der Waals surface area contributed by atoms with Crippen molar-refractivity contribution in [3.8, 4) is 0 Å². The van der Waals surface area contributed by atoms with Gasteiger partial charge in [-0.2, -0.15) is 0 Å². The Bertz CT molecular complexity index is 203. The second-order valence-electron chi connectivity index (χ2n) is 3.55. The number of esters is 1. The number of fused-ring (bicyclic) bond motifs is 1. The zero-order valence-electron chi connectivity index (χ0n) is 6.64. The summed E-state index contributed by atoms with van der Waals surface area (Å²) >= 11 is 0. The molecule has 12 heavy (non-hydrogen) atoms. The molecular formula is C8H12O4. The lowest BCUT2D eigenvalue weighted by molar-refractivity contribution is -0.141. The van der Waals surface area contributed by atoms with Crippen LogP contribution in [-0.4, -0.2) is 35.0 Å². The third-order valence-corrected chi connectivity index (χ3v) is 2.89. The predicted octanol–water partition coefficient (Wildman–Crippen LogP) is -0.709. The highest BCUT2D eigenvalue weighted by Gasteiger charge is 2.49. The van der Waals surface area contributed by atoms with Gasteiger partial charge in [-0.25, -0.2) is 0 Å². The van der Waals surface area contributed by atoms with Crippen LogP contribution in [0.3, 0.4) is 0 Å². The molecule has 1 saturated carbocycles. The van der Waals surface area contributed by atoms with E-state index in [-0.39, 0.29) is 30.5 Å². The van der Waals surface area contributed by atoms with Crippen LogP contribution in [0.15, 0.2) is 0 Å². The minimum Gasteiger partial charge on any atom is -0.462 e. The Labute approximate surface area is 70.1 Å². The highest BCUT2D eigenvalue weighted by atomic mass is 16.6. The quantitative estimate of drug-likeness (QED) is 0.513. The number of hydrogen-bond acceptors (Lipinski definition) is 4. The molecule has 1 saturated heterocycles. The summed E-state index contributed by atoms with van der Waals surface area (Å²) in [5, 5.41) is 18.4. The molecule has 0 aromatic rings. The molecule has 1 aliphatic heterocycles. The van der Waals surface area contributed by atoms with Crippen LogP contribution >= 0.6 is 0 Å². The van der Waals surface area contributed by atoms with Crippen molar-refractivity contribution in [2.75, 3.05) is 6.61 Å². The molecule has 0 amide bonds. The Morgan fingerprint density at radius 1 is 1.58 bits per heavy atom. The number of aliphatic hydroxyl groups is 2. The molecular weight excluding hydrogens is 160 g/mol. The molecule has 2 aliphatic rings. The molecule has 68 valence electrons. The van der Waals surface area contributed by atoms with Crippen LogP contribution in [0.2, 0.25) is 0 Å². The highest BCUT2D eigenvalue weighted by Crippen LogP contribution is 2.40. The van der Waals surface area contributed by atoms with E-state index in [1.807, 2.05) is 0 Å². The maximum atomic E-state index is 10.8. The largest absolute Gasteiger partial charge is 0.462 e. The van der Waals surface area contributed by atoms with Gasteiger partial charge in [0.15, 0.2) is 0 Å². The Morgan fingerprint density at radius 2 is 2.33 bits per heavy atom. The summed E-state index contributed by atoms with van der Waals surface area (Å²) < 4.78 is 4.98. The lowest BCUT2D eigenvalue weighted by atomic mass is 9.93. The van der Waals surface area contributed by atoms with Gasteiger partial charge in [-0.15, -0.1) is 0 Å². The fourth-order valence-electron chi connectivity index (χ4n) is 2.23. The fourth-order valence-corrected chi connectivity index (χ4v) is 2.23. The third kappa shape index (κ3) is 1.03. The number of carbonyl (C=O) groups excluding carboxylic acids is 1. The van der Waals surface area contributed by atoms with Gasteiger partial charge >= 0.3 is 5.97 Å². The van der Waals surface area contributed by atoms with Crippen molar-refractivity contribution in [2.24, 2.45) is 11.8 Å². The molecule has 0 aromatic heterocycles. The smallest absolute Gasteiger partial charge is 0.306 e. The molecule has 0 spiro atoms. The third-order valence-electron chi connectivity index (χ3n) is 2.89. The van der Waals surface area contributed by atoms with Gasteiger partial charge in [0, 0.05) is 24.9 Å². The molecule has 2 N–H and O–H groups in total. The van der Waals surface area contributed by atoms with E-state index in [4.69, 9.17) is 9.84 Å². The summed E-state index contributed by atoms with van der Waals surface area (Å²) in [6.45, 7) is -0.0566. The van der Waals surface area contributed by atoms with Crippen molar-refractivity contribution in [1.82, 2.24) is 0 Å². The second-order valence-corrected chi connectivity index (χ2v) is 3.55. The van der Waals surface area contributed by atoms with Crippen LogP contribution in [0.1, 0.15) is 12.8 Å². The maximum absolute atomic E-state index is 10.8. The predicted molar refractivity (Wildman–Crippen MR) is 39.2 cm³/mol. The molecule has 1 unspecified atom stereocenters. The number of rotatable bonds is 1. The molecule has 2 rings (SSSR count). The van der Waals surface area contributed by atoms with E-state index >= 15 is 0 Å². The summed E-state index contributed by atoms with van der Waals surface area (Å²) in [5.41, 5.74) is 0. The van der Waals surface area contributed by atoms with Crippen LogP contribution in [0.4, 0.5) is 0 Å². The van der Waals surface area contributed by atoms with E-state index < -0.39 is 6.10 Å². The molecule has 4 heteroatoms. The van der Waals surface area contributed by atoms with E-state index in [9.17, 15) is 9.90 Å². The number of ether oxygens (including phenoxy) is 1. The molecule has 2 fully saturated rings. The van der Waals surface area contributed by atoms with Gasteiger partial charge in [0.05, 0.1) is 12.5 Å². The maximum Gasteiger partial charge on any atom is 0.306 e. The van der Waals surface area contributed by atoms with Crippen molar-refractivity contribution in [1.29, 1.82) is 0 Å². The van der Waals surface area contributed by atoms with Gasteiger partial charge in [0.1, 0.15) is 6.10 Å². The minimum absolute atomic E-state index is 0.0394. The molecule has 1 aliphatic carbocycles. The van der Waals surface area contributed by atoms with Gasteiger partial charge in [-0.05, 0) is 0 Å². The standard InChI is InChI=1S/C8H12O4/c9-3-5-4-1-8(11)12-7(4)2-6(5)10/h4-7,9-10H,1-3H2/t4-,5-,6?,7+/m1/s1. The molecule has 0 radical (unpaired) electrons. The van der Waals surface area contributed by atoms with E-state index in [2.05, 4.69) is 0 Å². The number of hydrogen-bond donors (Lipinski definition) is 2. The van der Waals surface area contributed by atoms with Crippen molar-refractivity contribution in [3.63, 3.8) is 0 Å². The van der Waals surface area contributed by atoms with Gasteiger partial charge in [0.25, 0.3) is 0 Å². The average Bonchev–Trinajstić information content (AvgIpc) is 2.43. The van der Waals surface area contributed by atoms with E-state index in [0.717, 1.165) is 0 Å². The number of carbonyl (C=O) groups is 1. The lowest BCUT2D eigenvalue weighted by Gasteiger charge is -2.14. The normalized spacial score (nSPS) is 46.0. The molecule has 0 bridgehead atoms. The fraction of sp³-hybridized carbons (Fsp3) is 0.875. The van der Waals surface area contributed by atoms with Crippen molar-refractivity contribution in [2.45, 2.75) is 25.0 Å². The van der Waals surface area contributed by atoms with E-state index in [1.165, 1.54) is 0 Å². The van der Waals surface area contributed by atoms with Gasteiger partial charge < -0.3 is 14.9 Å². The summed E-state index contributed by atoms with van der Waals surface area (Å²) in [4.78, 5) is 10.8. The Hall–Kier alpha value is -0.610. The topological polar surface area (TPSA) is 66.8 Å². The summed E-state index contributed by atoms with van der Waals surface area (Å²) in [5.74, 6) is -0.325. The van der Waals surface area contributed by atoms with Crippen LogP contribution in [0, 0.1) is 11.8 Å². The van der Waals surface area contributed by atoms with Gasteiger partial charge in [0.2, 0.25) is 0 Å². The Kier molecular flexibility index (Phi) is 1.81. The Balaban J connectivity index is 2.11. The van der Waals surface area contributed by atoms with Gasteiger partial charge in [-0.3, -0.25) is 4.79 Å². The first-order chi connectivity index (χ1) is 5.72. The monoisotopic (exact) mass is 172 g/mol. The zero-order chi connectivity index (χ0) is 8.72. The summed E-state index contributed by atoms with van der Waals surface area (Å²) in [6.07, 6.45) is 0.192. The van der Waals surface area contributed by atoms with Crippen LogP contribution in [0.5, 0.6) is 0 Å². The second kappa shape index (κ2) is 2.71. The molecule has 1 heterocycles. The van der Waals surface area contributed by atoms with Gasteiger partial charge in [-0.1, -0.05) is 0 Å². The summed E-state index contributed by atoms with van der Waals surface area (Å²) in [6, 6.07) is 0. The highest BCUT2D eigenvalue weighted by molar-refractivity contribution is 5.72. The lowest BCUT2D eigenvalue weighted by Crippen LogP contribution is -2.23.